The van der Waals surface area contributed by atoms with Crippen molar-refractivity contribution in [1.29, 1.82) is 0 Å². The molecule has 1 unspecified atom stereocenters. The SMILES string of the molecule is COC1(c2ccccn2)CCCNC1. The molecule has 0 amide bonds. The lowest BCUT2D eigenvalue weighted by Gasteiger charge is -2.35. The van der Waals surface area contributed by atoms with Crippen LogP contribution < -0.4 is 5.32 Å². The van der Waals surface area contributed by atoms with Crippen LogP contribution >= 0.6 is 0 Å². The molecule has 2 rings (SSSR count). The van der Waals surface area contributed by atoms with Crippen molar-refractivity contribution >= 4 is 0 Å². The maximum absolute atomic E-state index is 5.64. The molecular weight excluding hydrogens is 176 g/mol. The molecule has 0 spiro atoms. The second kappa shape index (κ2) is 4.07. The molecule has 76 valence electrons. The Kier molecular flexibility index (Phi) is 2.79. The highest BCUT2D eigenvalue weighted by Crippen LogP contribution is 2.29. The molecule has 2 heterocycles. The van der Waals surface area contributed by atoms with Crippen molar-refractivity contribution in [1.82, 2.24) is 10.3 Å². The van der Waals surface area contributed by atoms with E-state index in [0.29, 0.717) is 0 Å². The number of hydrogen-bond acceptors (Lipinski definition) is 3. The van der Waals surface area contributed by atoms with Gasteiger partial charge in [0.25, 0.3) is 0 Å². The van der Waals surface area contributed by atoms with E-state index in [0.717, 1.165) is 31.6 Å². The normalized spacial score (nSPS) is 27.5. The molecule has 0 aliphatic carbocycles. The molecule has 1 saturated heterocycles. The first-order valence-corrected chi connectivity index (χ1v) is 5.05. The van der Waals surface area contributed by atoms with Crippen LogP contribution in [0.25, 0.3) is 0 Å². The third-order valence-electron chi connectivity index (χ3n) is 2.87. The third-order valence-corrected chi connectivity index (χ3v) is 2.87. The Morgan fingerprint density at radius 1 is 1.50 bits per heavy atom. The van der Waals surface area contributed by atoms with Crippen molar-refractivity contribution in [2.24, 2.45) is 0 Å². The van der Waals surface area contributed by atoms with Crippen LogP contribution in [0.1, 0.15) is 18.5 Å². The van der Waals surface area contributed by atoms with Crippen molar-refractivity contribution in [2.75, 3.05) is 20.2 Å². The summed E-state index contributed by atoms with van der Waals surface area (Å²) in [6.07, 6.45) is 4.02. The molecule has 3 heteroatoms. The minimum absolute atomic E-state index is 0.209. The van der Waals surface area contributed by atoms with Gasteiger partial charge in [-0.25, -0.2) is 0 Å². The number of pyridine rings is 1. The number of hydrogen-bond donors (Lipinski definition) is 1. The molecule has 3 nitrogen and oxygen atoms in total. The molecule has 0 radical (unpaired) electrons. The van der Waals surface area contributed by atoms with Gasteiger partial charge in [-0.3, -0.25) is 4.98 Å². The molecule has 0 aromatic carbocycles. The van der Waals surface area contributed by atoms with Crippen LogP contribution in [-0.2, 0) is 10.3 Å². The molecule has 1 aromatic heterocycles. The molecule has 1 aliphatic heterocycles. The van der Waals surface area contributed by atoms with E-state index < -0.39 is 0 Å². The van der Waals surface area contributed by atoms with Crippen molar-refractivity contribution in [3.8, 4) is 0 Å². The second-order valence-corrected chi connectivity index (χ2v) is 3.69. The summed E-state index contributed by atoms with van der Waals surface area (Å²) in [5.74, 6) is 0. The highest BCUT2D eigenvalue weighted by atomic mass is 16.5. The Balaban J connectivity index is 2.27. The van der Waals surface area contributed by atoms with Crippen LogP contribution in [0, 0.1) is 0 Å². The quantitative estimate of drug-likeness (QED) is 0.767. The summed E-state index contributed by atoms with van der Waals surface area (Å²) in [7, 11) is 1.77. The molecule has 14 heavy (non-hydrogen) atoms. The Morgan fingerprint density at radius 3 is 3.00 bits per heavy atom. The minimum Gasteiger partial charge on any atom is -0.371 e. The van der Waals surface area contributed by atoms with Gasteiger partial charge in [-0.15, -0.1) is 0 Å². The molecular formula is C11H16N2O. The number of ether oxygens (including phenoxy) is 1. The fourth-order valence-corrected chi connectivity index (χ4v) is 2.01. The minimum atomic E-state index is -0.209. The van der Waals surface area contributed by atoms with Gasteiger partial charge in [0.1, 0.15) is 5.60 Å². The largest absolute Gasteiger partial charge is 0.371 e. The molecule has 1 atom stereocenters. The van der Waals surface area contributed by atoms with Crippen molar-refractivity contribution in [3.05, 3.63) is 30.1 Å². The van der Waals surface area contributed by atoms with Crippen LogP contribution in [0.5, 0.6) is 0 Å². The van der Waals surface area contributed by atoms with Crippen LogP contribution in [-0.4, -0.2) is 25.2 Å². The predicted molar refractivity (Wildman–Crippen MR) is 55.0 cm³/mol. The summed E-state index contributed by atoms with van der Waals surface area (Å²) < 4.78 is 5.64. The summed E-state index contributed by atoms with van der Waals surface area (Å²) >= 11 is 0. The number of rotatable bonds is 2. The topological polar surface area (TPSA) is 34.1 Å². The van der Waals surface area contributed by atoms with Crippen LogP contribution in [0.2, 0.25) is 0 Å². The van der Waals surface area contributed by atoms with E-state index in [2.05, 4.69) is 10.3 Å². The van der Waals surface area contributed by atoms with E-state index in [-0.39, 0.29) is 5.60 Å². The van der Waals surface area contributed by atoms with Gasteiger partial charge in [0.15, 0.2) is 0 Å². The highest BCUT2D eigenvalue weighted by molar-refractivity contribution is 5.15. The fourth-order valence-electron chi connectivity index (χ4n) is 2.01. The summed E-state index contributed by atoms with van der Waals surface area (Å²) in [4.78, 5) is 4.38. The molecule has 1 N–H and O–H groups in total. The number of piperidine rings is 1. The van der Waals surface area contributed by atoms with Gasteiger partial charge in [-0.05, 0) is 31.5 Å². The number of methoxy groups -OCH3 is 1. The van der Waals surface area contributed by atoms with Crippen molar-refractivity contribution < 1.29 is 4.74 Å². The Hall–Kier alpha value is -0.930. The fraction of sp³-hybridized carbons (Fsp3) is 0.545. The average Bonchev–Trinajstić information content (AvgIpc) is 2.31. The monoisotopic (exact) mass is 192 g/mol. The van der Waals surface area contributed by atoms with E-state index in [1.807, 2.05) is 24.4 Å². The van der Waals surface area contributed by atoms with E-state index >= 15 is 0 Å². The van der Waals surface area contributed by atoms with E-state index in [1.54, 1.807) is 7.11 Å². The maximum Gasteiger partial charge on any atom is 0.122 e. The van der Waals surface area contributed by atoms with E-state index in [9.17, 15) is 0 Å². The summed E-state index contributed by atoms with van der Waals surface area (Å²) in [5, 5.41) is 3.36. The Morgan fingerprint density at radius 2 is 2.43 bits per heavy atom. The lowest BCUT2D eigenvalue weighted by Crippen LogP contribution is -2.45. The van der Waals surface area contributed by atoms with E-state index in [4.69, 9.17) is 4.74 Å². The van der Waals surface area contributed by atoms with Gasteiger partial charge in [-0.2, -0.15) is 0 Å². The second-order valence-electron chi connectivity index (χ2n) is 3.69. The average molecular weight is 192 g/mol. The maximum atomic E-state index is 5.64. The highest BCUT2D eigenvalue weighted by Gasteiger charge is 2.34. The predicted octanol–water partition coefficient (Wildman–Crippen LogP) is 1.31. The van der Waals surface area contributed by atoms with Gasteiger partial charge in [0, 0.05) is 19.9 Å². The van der Waals surface area contributed by atoms with Crippen LogP contribution in [0.3, 0.4) is 0 Å². The van der Waals surface area contributed by atoms with Crippen LogP contribution in [0.15, 0.2) is 24.4 Å². The summed E-state index contributed by atoms with van der Waals surface area (Å²) in [5.41, 5.74) is 0.828. The van der Waals surface area contributed by atoms with Gasteiger partial charge in [0.2, 0.25) is 0 Å². The smallest absolute Gasteiger partial charge is 0.122 e. The van der Waals surface area contributed by atoms with E-state index in [1.165, 1.54) is 0 Å². The van der Waals surface area contributed by atoms with Crippen molar-refractivity contribution in [2.45, 2.75) is 18.4 Å². The zero-order valence-corrected chi connectivity index (χ0v) is 8.49. The molecule has 1 aliphatic rings. The Labute approximate surface area is 84.5 Å². The summed E-state index contributed by atoms with van der Waals surface area (Å²) in [6, 6.07) is 5.98. The lowest BCUT2D eigenvalue weighted by molar-refractivity contribution is -0.0367. The van der Waals surface area contributed by atoms with Crippen LogP contribution in [0.4, 0.5) is 0 Å². The lowest BCUT2D eigenvalue weighted by atomic mass is 9.90. The first kappa shape index (κ1) is 9.62. The first-order valence-electron chi connectivity index (χ1n) is 5.05. The standard InChI is InChI=1S/C11H16N2O/c1-14-11(6-4-7-12-9-11)10-5-2-3-8-13-10/h2-3,5,8,12H,4,6-7,9H2,1H3. The van der Waals surface area contributed by atoms with Gasteiger partial charge in [0.05, 0.1) is 5.69 Å². The zero-order chi connectivity index (χ0) is 9.86. The van der Waals surface area contributed by atoms with Crippen molar-refractivity contribution in [3.63, 3.8) is 0 Å². The molecule has 1 fully saturated rings. The van der Waals surface area contributed by atoms with Gasteiger partial charge in [-0.1, -0.05) is 6.07 Å². The molecule has 0 bridgehead atoms. The molecule has 0 saturated carbocycles. The molecule has 1 aromatic rings. The van der Waals surface area contributed by atoms with Gasteiger partial charge < -0.3 is 10.1 Å². The summed E-state index contributed by atoms with van der Waals surface area (Å²) in [6.45, 7) is 1.94. The third kappa shape index (κ3) is 1.65. The van der Waals surface area contributed by atoms with Gasteiger partial charge >= 0.3 is 0 Å². The first-order chi connectivity index (χ1) is 6.87. The zero-order valence-electron chi connectivity index (χ0n) is 8.49. The Bertz CT molecular complexity index is 281. The number of nitrogens with zero attached hydrogens (tertiary/aromatic N) is 1. The number of nitrogens with one attached hydrogen (secondary N) is 1. The number of aromatic nitrogens is 1.